The van der Waals surface area contributed by atoms with Crippen LogP contribution < -0.4 is 14.5 Å². The lowest BCUT2D eigenvalue weighted by Crippen LogP contribution is -2.53. The standard InChI is InChI=1S/C40H32ClN3O8/c1-2-52-33-19-22(11-18-32(33)45)35-28-16-17-29-34(38(48)42(36(29)46)25-12-14-26(15-13-25)44(50)51)30(28)21-31-37(47)43(27-10-6-9-24(41)20-27)39(49)40(31,35)23-7-4-3-5-8-23/h3-16,18-20,29-31,34-35,45H,2,17,21H2,1H3/t29-,30+,31-,34-,35-,40+/m0/s1. The highest BCUT2D eigenvalue weighted by Gasteiger charge is 2.70. The Balaban J connectivity index is 1.33. The summed E-state index contributed by atoms with van der Waals surface area (Å²) in [6.45, 7) is 2.05. The van der Waals surface area contributed by atoms with Gasteiger partial charge in [0.1, 0.15) is 0 Å². The van der Waals surface area contributed by atoms with Crippen LogP contribution in [-0.4, -0.2) is 40.3 Å². The molecule has 4 aromatic rings. The van der Waals surface area contributed by atoms with Gasteiger partial charge in [-0.1, -0.05) is 65.7 Å². The summed E-state index contributed by atoms with van der Waals surface area (Å²) in [5.74, 6) is -5.66. The number of non-ortho nitro benzene ring substituents is 1. The minimum atomic E-state index is -1.49. The lowest BCUT2D eigenvalue weighted by molar-refractivity contribution is -0.384. The zero-order chi connectivity index (χ0) is 36.5. The first kappa shape index (κ1) is 33.3. The van der Waals surface area contributed by atoms with Crippen molar-refractivity contribution in [3.05, 3.63) is 135 Å². The van der Waals surface area contributed by atoms with Crippen LogP contribution >= 0.6 is 11.6 Å². The number of hydrogen-bond acceptors (Lipinski definition) is 8. The van der Waals surface area contributed by atoms with E-state index >= 15 is 4.79 Å². The van der Waals surface area contributed by atoms with E-state index in [2.05, 4.69) is 0 Å². The molecule has 0 unspecified atom stereocenters. The van der Waals surface area contributed by atoms with Crippen molar-refractivity contribution in [2.24, 2.45) is 23.7 Å². The molecule has 0 aromatic heterocycles. The number of allylic oxidation sites excluding steroid dienone is 2. The predicted octanol–water partition coefficient (Wildman–Crippen LogP) is 6.72. The van der Waals surface area contributed by atoms with Crippen LogP contribution in [-0.2, 0) is 24.6 Å². The maximum atomic E-state index is 15.4. The minimum Gasteiger partial charge on any atom is -0.504 e. The van der Waals surface area contributed by atoms with Gasteiger partial charge in [-0.05, 0) is 79.3 Å². The molecule has 1 saturated carbocycles. The SMILES string of the molecule is CCOc1cc([C@H]2C3=CC[C@@H]4C(=O)N(c5ccc([N+](=O)[O-])cc5)C(=O)[C@@H]4[C@@H]3C[C@H]3C(=O)N(c4cccc(Cl)c4)C(=O)[C@@]23c2ccccc2)ccc1O. The molecule has 0 spiro atoms. The van der Waals surface area contributed by atoms with Crippen LogP contribution in [0.3, 0.4) is 0 Å². The second-order valence-corrected chi connectivity index (χ2v) is 14.0. The number of ether oxygens (including phenoxy) is 1. The summed E-state index contributed by atoms with van der Waals surface area (Å²) in [7, 11) is 0. The van der Waals surface area contributed by atoms with Crippen molar-refractivity contribution in [3.8, 4) is 11.5 Å². The Morgan fingerprint density at radius 2 is 1.62 bits per heavy atom. The molecule has 6 atom stereocenters. The van der Waals surface area contributed by atoms with Gasteiger partial charge in [-0.2, -0.15) is 0 Å². The van der Waals surface area contributed by atoms with Gasteiger partial charge < -0.3 is 9.84 Å². The van der Waals surface area contributed by atoms with Crippen molar-refractivity contribution in [2.45, 2.75) is 31.1 Å². The van der Waals surface area contributed by atoms with E-state index in [1.54, 1.807) is 43.3 Å². The molecule has 3 fully saturated rings. The van der Waals surface area contributed by atoms with Crippen molar-refractivity contribution in [1.82, 2.24) is 0 Å². The Morgan fingerprint density at radius 1 is 0.865 bits per heavy atom. The Morgan fingerprint density at radius 3 is 2.31 bits per heavy atom. The molecule has 2 heterocycles. The second-order valence-electron chi connectivity index (χ2n) is 13.5. The number of aromatic hydroxyl groups is 1. The molecule has 1 N–H and O–H groups in total. The quantitative estimate of drug-likeness (QED) is 0.0960. The highest BCUT2D eigenvalue weighted by molar-refractivity contribution is 6.32. The molecule has 4 aliphatic rings. The van der Waals surface area contributed by atoms with Gasteiger partial charge in [0.05, 0.1) is 46.1 Å². The van der Waals surface area contributed by atoms with E-state index in [0.29, 0.717) is 21.8 Å². The number of fused-ring (bicyclic) bond motifs is 4. The number of imide groups is 2. The van der Waals surface area contributed by atoms with Crippen LogP contribution in [0.15, 0.2) is 109 Å². The minimum absolute atomic E-state index is 0.0920. The van der Waals surface area contributed by atoms with E-state index in [9.17, 15) is 29.6 Å². The summed E-state index contributed by atoms with van der Waals surface area (Å²) in [5.41, 5.74) is 0.838. The Labute approximate surface area is 303 Å². The Bertz CT molecular complexity index is 2210. The van der Waals surface area contributed by atoms with Crippen molar-refractivity contribution >= 4 is 52.3 Å². The number of nitro groups is 1. The van der Waals surface area contributed by atoms with Crippen molar-refractivity contribution in [3.63, 3.8) is 0 Å². The number of halogens is 1. The average molecular weight is 718 g/mol. The summed E-state index contributed by atoms with van der Waals surface area (Å²) >= 11 is 6.38. The number of rotatable bonds is 7. The Hall–Kier alpha value is -5.81. The van der Waals surface area contributed by atoms with Crippen molar-refractivity contribution < 1.29 is 33.9 Å². The van der Waals surface area contributed by atoms with E-state index in [0.717, 1.165) is 10.5 Å². The summed E-state index contributed by atoms with van der Waals surface area (Å²) in [5, 5.41) is 22.4. The van der Waals surface area contributed by atoms with Gasteiger partial charge >= 0.3 is 0 Å². The summed E-state index contributed by atoms with van der Waals surface area (Å²) in [4.78, 5) is 71.8. The molecule has 8 rings (SSSR count). The molecular formula is C40H32ClN3O8. The summed E-state index contributed by atoms with van der Waals surface area (Å²) in [6, 6.07) is 25.9. The highest BCUT2D eigenvalue weighted by Crippen LogP contribution is 2.65. The zero-order valence-electron chi connectivity index (χ0n) is 27.8. The number of nitrogens with zero attached hydrogens (tertiary/aromatic N) is 3. The molecule has 52 heavy (non-hydrogen) atoms. The molecule has 11 nitrogen and oxygen atoms in total. The third kappa shape index (κ3) is 4.79. The monoisotopic (exact) mass is 717 g/mol. The van der Waals surface area contributed by atoms with Crippen LogP contribution in [0.2, 0.25) is 5.02 Å². The van der Waals surface area contributed by atoms with E-state index in [-0.39, 0.29) is 42.3 Å². The van der Waals surface area contributed by atoms with Gasteiger partial charge in [-0.25, -0.2) is 4.90 Å². The lowest BCUT2D eigenvalue weighted by Gasteiger charge is -2.50. The van der Waals surface area contributed by atoms with Crippen LogP contribution in [0.4, 0.5) is 17.1 Å². The van der Waals surface area contributed by atoms with Crippen molar-refractivity contribution in [2.75, 3.05) is 16.4 Å². The van der Waals surface area contributed by atoms with Gasteiger partial charge in [-0.3, -0.25) is 34.2 Å². The number of carbonyl (C=O) groups excluding carboxylic acids is 4. The third-order valence-corrected chi connectivity index (χ3v) is 11.3. The van der Waals surface area contributed by atoms with Crippen LogP contribution in [0, 0.1) is 33.8 Å². The number of anilines is 2. The number of hydrogen-bond donors (Lipinski definition) is 1. The van der Waals surface area contributed by atoms with Crippen molar-refractivity contribution in [1.29, 1.82) is 0 Å². The molecular weight excluding hydrogens is 686 g/mol. The smallest absolute Gasteiger partial charge is 0.269 e. The van der Waals surface area contributed by atoms with Gasteiger partial charge in [0, 0.05) is 23.1 Å². The molecule has 262 valence electrons. The zero-order valence-corrected chi connectivity index (χ0v) is 28.6. The fourth-order valence-electron chi connectivity index (χ4n) is 9.08. The number of carbonyl (C=O) groups is 4. The highest BCUT2D eigenvalue weighted by atomic mass is 35.5. The lowest BCUT2D eigenvalue weighted by atomic mass is 9.49. The maximum Gasteiger partial charge on any atom is 0.269 e. The molecule has 4 amide bonds. The largest absolute Gasteiger partial charge is 0.504 e. The molecule has 4 aromatic carbocycles. The van der Waals surface area contributed by atoms with E-state index in [1.807, 2.05) is 36.4 Å². The van der Waals surface area contributed by atoms with Crippen LogP contribution in [0.25, 0.3) is 0 Å². The molecule has 0 radical (unpaired) electrons. The second kappa shape index (κ2) is 12.4. The van der Waals surface area contributed by atoms with Gasteiger partial charge in [-0.15, -0.1) is 0 Å². The summed E-state index contributed by atoms with van der Waals surface area (Å²) in [6.07, 6.45) is 2.24. The number of phenols is 1. The number of nitro benzene ring substituents is 1. The van der Waals surface area contributed by atoms with E-state index < -0.39 is 63.6 Å². The molecule has 0 bridgehead atoms. The maximum absolute atomic E-state index is 15.4. The van der Waals surface area contributed by atoms with Gasteiger partial charge in [0.25, 0.3) is 5.69 Å². The number of phenolic OH excluding ortho intramolecular Hbond substituents is 1. The normalized spacial score (nSPS) is 26.5. The molecule has 2 aliphatic heterocycles. The predicted molar refractivity (Wildman–Crippen MR) is 191 cm³/mol. The van der Waals surface area contributed by atoms with E-state index in [4.69, 9.17) is 16.3 Å². The average Bonchev–Trinajstić information content (AvgIpc) is 3.53. The third-order valence-electron chi connectivity index (χ3n) is 11.1. The van der Waals surface area contributed by atoms with E-state index in [1.165, 1.54) is 35.2 Å². The molecule has 12 heteroatoms. The van der Waals surface area contributed by atoms with Gasteiger partial charge in [0.15, 0.2) is 11.5 Å². The number of amides is 4. The number of benzene rings is 4. The topological polar surface area (TPSA) is 147 Å². The Kier molecular flexibility index (Phi) is 7.98. The summed E-state index contributed by atoms with van der Waals surface area (Å²) < 4.78 is 5.80. The first-order valence-electron chi connectivity index (χ1n) is 17.0. The van der Waals surface area contributed by atoms with Crippen LogP contribution in [0.5, 0.6) is 11.5 Å². The molecule has 2 saturated heterocycles. The first-order valence-corrected chi connectivity index (χ1v) is 17.4. The fourth-order valence-corrected chi connectivity index (χ4v) is 9.26. The van der Waals surface area contributed by atoms with Gasteiger partial charge in [0.2, 0.25) is 23.6 Å². The fraction of sp³-hybridized carbons (Fsp3) is 0.250. The first-order chi connectivity index (χ1) is 25.1. The van der Waals surface area contributed by atoms with Crippen LogP contribution in [0.1, 0.15) is 36.8 Å². The molecule has 2 aliphatic carbocycles.